The van der Waals surface area contributed by atoms with Gasteiger partial charge in [-0.05, 0) is 42.9 Å². The minimum atomic E-state index is -0.900. The third kappa shape index (κ3) is 3.67. The standard InChI is InChI=1S/C17H20N2O3.C2H6/c1-10-6-14(11-4-3-5-11)15(7-13(10)17(20)21)16-18-8-12(19-16)9-22-2;1-2/h6-8,11H,3-5,9H2,1-2H3,(H,18,19)(H,20,21);1-2H3. The fourth-order valence-corrected chi connectivity index (χ4v) is 2.95. The average Bonchev–Trinajstić information content (AvgIpc) is 2.96. The Morgan fingerprint density at radius 2 is 2.08 bits per heavy atom. The van der Waals surface area contributed by atoms with Gasteiger partial charge >= 0.3 is 5.97 Å². The molecule has 0 unspecified atom stereocenters. The molecule has 0 saturated heterocycles. The van der Waals surface area contributed by atoms with Crippen LogP contribution in [0, 0.1) is 6.92 Å². The zero-order valence-corrected chi connectivity index (χ0v) is 14.8. The molecule has 1 aliphatic carbocycles. The predicted octanol–water partition coefficient (Wildman–Crippen LogP) is 4.52. The first-order valence-electron chi connectivity index (χ1n) is 8.51. The molecule has 2 N–H and O–H groups in total. The Balaban J connectivity index is 0.00000100. The lowest BCUT2D eigenvalue weighted by Gasteiger charge is -2.28. The number of imidazole rings is 1. The lowest BCUT2D eigenvalue weighted by atomic mass is 9.77. The van der Waals surface area contributed by atoms with Crippen LogP contribution in [0.1, 0.15) is 66.2 Å². The molecule has 0 atom stereocenters. The van der Waals surface area contributed by atoms with Gasteiger partial charge in [0.2, 0.25) is 0 Å². The van der Waals surface area contributed by atoms with Crippen molar-refractivity contribution in [1.29, 1.82) is 0 Å². The van der Waals surface area contributed by atoms with E-state index in [0.29, 0.717) is 18.1 Å². The van der Waals surface area contributed by atoms with E-state index in [1.807, 2.05) is 26.8 Å². The number of aromatic carboxylic acids is 1. The summed E-state index contributed by atoms with van der Waals surface area (Å²) in [7, 11) is 1.63. The van der Waals surface area contributed by atoms with Gasteiger partial charge < -0.3 is 14.8 Å². The number of ether oxygens (including phenoxy) is 1. The topological polar surface area (TPSA) is 75.2 Å². The zero-order valence-electron chi connectivity index (χ0n) is 14.8. The van der Waals surface area contributed by atoms with E-state index >= 15 is 0 Å². The SMILES string of the molecule is CC.COCc1cnc(-c2cc(C(=O)O)c(C)cc2C2CCC2)[nH]1. The summed E-state index contributed by atoms with van der Waals surface area (Å²) in [6, 6.07) is 3.77. The summed E-state index contributed by atoms with van der Waals surface area (Å²) < 4.78 is 5.10. The van der Waals surface area contributed by atoms with Gasteiger partial charge in [-0.3, -0.25) is 0 Å². The number of rotatable bonds is 5. The summed E-state index contributed by atoms with van der Waals surface area (Å²) in [5.41, 5.74) is 4.13. The predicted molar refractivity (Wildman–Crippen MR) is 94.4 cm³/mol. The summed E-state index contributed by atoms with van der Waals surface area (Å²) in [4.78, 5) is 19.1. The van der Waals surface area contributed by atoms with Crippen LogP contribution in [-0.4, -0.2) is 28.2 Å². The number of H-pyrrole nitrogens is 1. The first-order valence-corrected chi connectivity index (χ1v) is 8.51. The Labute approximate surface area is 143 Å². The highest BCUT2D eigenvalue weighted by Gasteiger charge is 2.25. The summed E-state index contributed by atoms with van der Waals surface area (Å²) in [5, 5.41) is 9.38. The van der Waals surface area contributed by atoms with E-state index in [1.165, 1.54) is 12.0 Å². The molecule has 1 aromatic heterocycles. The average molecular weight is 330 g/mol. The Kier molecular flexibility index (Phi) is 6.15. The number of aromatic nitrogens is 2. The maximum atomic E-state index is 11.4. The van der Waals surface area contributed by atoms with Crippen molar-refractivity contribution in [2.75, 3.05) is 7.11 Å². The Hall–Kier alpha value is -2.14. The van der Waals surface area contributed by atoms with Gasteiger partial charge in [0.1, 0.15) is 5.82 Å². The van der Waals surface area contributed by atoms with Gasteiger partial charge in [-0.2, -0.15) is 0 Å². The van der Waals surface area contributed by atoms with Crippen LogP contribution < -0.4 is 0 Å². The van der Waals surface area contributed by atoms with Gasteiger partial charge in [0, 0.05) is 12.7 Å². The van der Waals surface area contributed by atoms with Gasteiger partial charge in [-0.15, -0.1) is 0 Å². The second-order valence-electron chi connectivity index (χ2n) is 5.88. The normalized spacial score (nSPS) is 13.8. The fraction of sp³-hybridized carbons (Fsp3) is 0.474. The molecule has 1 aromatic carbocycles. The Morgan fingerprint density at radius 3 is 2.62 bits per heavy atom. The number of carboxylic acids is 1. The van der Waals surface area contributed by atoms with E-state index in [4.69, 9.17) is 4.74 Å². The second-order valence-corrected chi connectivity index (χ2v) is 5.88. The van der Waals surface area contributed by atoms with E-state index < -0.39 is 5.97 Å². The zero-order chi connectivity index (χ0) is 17.7. The number of hydrogen-bond acceptors (Lipinski definition) is 3. The Bertz CT molecular complexity index is 703. The van der Waals surface area contributed by atoms with Crippen molar-refractivity contribution in [2.45, 2.75) is 52.6 Å². The molecule has 24 heavy (non-hydrogen) atoms. The minimum absolute atomic E-state index is 0.336. The van der Waals surface area contributed by atoms with Crippen LogP contribution in [0.2, 0.25) is 0 Å². The van der Waals surface area contributed by atoms with Gasteiger partial charge in [-0.1, -0.05) is 26.3 Å². The molecule has 1 fully saturated rings. The molecule has 0 aliphatic heterocycles. The van der Waals surface area contributed by atoms with E-state index in [1.54, 1.807) is 19.4 Å². The summed E-state index contributed by atoms with van der Waals surface area (Å²) >= 11 is 0. The maximum Gasteiger partial charge on any atom is 0.335 e. The van der Waals surface area contributed by atoms with Crippen LogP contribution in [0.4, 0.5) is 0 Å². The molecule has 5 nitrogen and oxygen atoms in total. The first kappa shape index (κ1) is 18.2. The molecule has 2 aromatic rings. The monoisotopic (exact) mass is 330 g/mol. The van der Waals surface area contributed by atoms with Crippen molar-refractivity contribution >= 4 is 5.97 Å². The van der Waals surface area contributed by atoms with E-state index in [-0.39, 0.29) is 0 Å². The molecule has 1 aliphatic rings. The summed E-state index contributed by atoms with van der Waals surface area (Å²) in [6.07, 6.45) is 5.29. The van der Waals surface area contributed by atoms with Gasteiger partial charge in [0.15, 0.2) is 0 Å². The molecule has 1 heterocycles. The quantitative estimate of drug-likeness (QED) is 0.845. The number of nitrogens with zero attached hydrogens (tertiary/aromatic N) is 1. The molecular weight excluding hydrogens is 304 g/mol. The van der Waals surface area contributed by atoms with E-state index in [0.717, 1.165) is 35.5 Å². The fourth-order valence-electron chi connectivity index (χ4n) is 2.95. The van der Waals surface area contributed by atoms with Crippen LogP contribution >= 0.6 is 0 Å². The van der Waals surface area contributed by atoms with Crippen LogP contribution in [0.5, 0.6) is 0 Å². The van der Waals surface area contributed by atoms with E-state index in [9.17, 15) is 9.90 Å². The molecule has 0 amide bonds. The molecule has 130 valence electrons. The largest absolute Gasteiger partial charge is 0.478 e. The number of hydrogen-bond donors (Lipinski definition) is 2. The van der Waals surface area contributed by atoms with Crippen LogP contribution in [-0.2, 0) is 11.3 Å². The highest BCUT2D eigenvalue weighted by molar-refractivity contribution is 5.91. The first-order chi connectivity index (χ1) is 11.6. The van der Waals surface area contributed by atoms with Crippen molar-refractivity contribution < 1.29 is 14.6 Å². The number of carbonyl (C=O) groups is 1. The second kappa shape index (κ2) is 8.11. The Morgan fingerprint density at radius 1 is 1.38 bits per heavy atom. The molecule has 0 radical (unpaired) electrons. The molecule has 0 spiro atoms. The molecule has 5 heteroatoms. The van der Waals surface area contributed by atoms with Gasteiger partial charge in [0.25, 0.3) is 0 Å². The number of aryl methyl sites for hydroxylation is 1. The third-order valence-corrected chi connectivity index (χ3v) is 4.36. The molecule has 0 bridgehead atoms. The van der Waals surface area contributed by atoms with Crippen LogP contribution in [0.15, 0.2) is 18.3 Å². The van der Waals surface area contributed by atoms with Crippen molar-refractivity contribution in [3.8, 4) is 11.4 Å². The van der Waals surface area contributed by atoms with E-state index in [2.05, 4.69) is 9.97 Å². The summed E-state index contributed by atoms with van der Waals surface area (Å²) in [5.74, 6) is 0.326. The lowest BCUT2D eigenvalue weighted by Crippen LogP contribution is -2.12. The van der Waals surface area contributed by atoms with Crippen molar-refractivity contribution in [2.24, 2.45) is 0 Å². The van der Waals surface area contributed by atoms with Crippen LogP contribution in [0.25, 0.3) is 11.4 Å². The van der Waals surface area contributed by atoms with Crippen molar-refractivity contribution in [3.63, 3.8) is 0 Å². The van der Waals surface area contributed by atoms with Gasteiger partial charge in [-0.25, -0.2) is 9.78 Å². The third-order valence-electron chi connectivity index (χ3n) is 4.36. The number of nitrogens with one attached hydrogen (secondary N) is 1. The maximum absolute atomic E-state index is 11.4. The highest BCUT2D eigenvalue weighted by Crippen LogP contribution is 2.41. The molecule has 1 saturated carbocycles. The minimum Gasteiger partial charge on any atom is -0.478 e. The molecular formula is C19H26N2O3. The number of aromatic amines is 1. The number of benzene rings is 1. The number of methoxy groups -OCH3 is 1. The highest BCUT2D eigenvalue weighted by atomic mass is 16.5. The van der Waals surface area contributed by atoms with Crippen molar-refractivity contribution in [3.05, 3.63) is 40.7 Å². The molecule has 3 rings (SSSR count). The van der Waals surface area contributed by atoms with Crippen LogP contribution in [0.3, 0.4) is 0 Å². The smallest absolute Gasteiger partial charge is 0.335 e. The van der Waals surface area contributed by atoms with Gasteiger partial charge in [0.05, 0.1) is 24.1 Å². The summed E-state index contributed by atoms with van der Waals surface area (Å²) in [6.45, 7) is 6.32. The lowest BCUT2D eigenvalue weighted by molar-refractivity contribution is 0.0696. The number of carboxylic acid groups (broad SMARTS) is 1. The van der Waals surface area contributed by atoms with Crippen molar-refractivity contribution in [1.82, 2.24) is 9.97 Å².